The predicted molar refractivity (Wildman–Crippen MR) is 128 cm³/mol. The average Bonchev–Trinajstić information content (AvgIpc) is 2.71. The number of halogens is 3. The van der Waals surface area contributed by atoms with Crippen LogP contribution in [0.25, 0.3) is 0 Å². The van der Waals surface area contributed by atoms with Crippen LogP contribution in [0.5, 0.6) is 0 Å². The summed E-state index contributed by atoms with van der Waals surface area (Å²) < 4.78 is 39.2. The van der Waals surface area contributed by atoms with Crippen LogP contribution in [0, 0.1) is 5.82 Å². The Morgan fingerprint density at radius 3 is 2.15 bits per heavy atom. The number of nitrogens with zero attached hydrogens (tertiary/aromatic N) is 2. The number of anilines is 1. The molecular weight excluding hydrogens is 492 g/mol. The number of carbonyl (C=O) groups is 2. The fourth-order valence-corrected chi connectivity index (χ4v) is 4.16. The Kier molecular flexibility index (Phi) is 9.11. The molecule has 0 saturated carbocycles. The van der Waals surface area contributed by atoms with Gasteiger partial charge in [-0.15, -0.1) is 0 Å². The van der Waals surface area contributed by atoms with Gasteiger partial charge in [-0.05, 0) is 56.7 Å². The molecule has 0 heterocycles. The number of hydrogen-bond acceptors (Lipinski definition) is 4. The molecule has 1 atom stereocenters. The van der Waals surface area contributed by atoms with Gasteiger partial charge in [-0.3, -0.25) is 13.9 Å². The minimum atomic E-state index is -3.89. The molecule has 0 bridgehead atoms. The summed E-state index contributed by atoms with van der Waals surface area (Å²) >= 11 is 12.0. The molecule has 2 amide bonds. The average molecular weight is 518 g/mol. The molecule has 0 unspecified atom stereocenters. The van der Waals surface area contributed by atoms with Crippen LogP contribution in [-0.2, 0) is 26.2 Å². The van der Waals surface area contributed by atoms with Crippen molar-refractivity contribution in [3.8, 4) is 0 Å². The van der Waals surface area contributed by atoms with Crippen LogP contribution in [0.15, 0.2) is 42.5 Å². The first kappa shape index (κ1) is 26.9. The Hall–Kier alpha value is -2.36. The summed E-state index contributed by atoms with van der Waals surface area (Å²) in [6, 6.07) is 8.61. The number of carbonyl (C=O) groups excluding carboxylic acids is 2. The molecule has 1 N–H and O–H groups in total. The van der Waals surface area contributed by atoms with Crippen molar-refractivity contribution < 1.29 is 22.4 Å². The predicted octanol–water partition coefficient (Wildman–Crippen LogP) is 3.84. The standard InChI is InChI=1S/C22H26Cl2FN3O4S/c1-14(2)26-22(30)15(3)27(12-16-5-7-17(25)8-6-16)21(29)13-28(33(4,31)32)18-9-10-19(23)20(24)11-18/h5-11,14-15H,12-13H2,1-4H3,(H,26,30)/t15-/m1/s1. The number of hydrogen-bond donors (Lipinski definition) is 1. The van der Waals surface area contributed by atoms with E-state index in [1.807, 2.05) is 0 Å². The Labute approximate surface area is 203 Å². The van der Waals surface area contributed by atoms with Crippen LogP contribution in [0.4, 0.5) is 10.1 Å². The van der Waals surface area contributed by atoms with E-state index in [1.165, 1.54) is 47.4 Å². The number of nitrogens with one attached hydrogen (secondary N) is 1. The van der Waals surface area contributed by atoms with E-state index in [2.05, 4.69) is 5.32 Å². The molecule has 0 radical (unpaired) electrons. The molecule has 11 heteroatoms. The zero-order valence-electron chi connectivity index (χ0n) is 18.7. The molecule has 2 rings (SSSR count). The van der Waals surface area contributed by atoms with E-state index in [-0.39, 0.29) is 28.3 Å². The minimum absolute atomic E-state index is 0.0230. The van der Waals surface area contributed by atoms with Gasteiger partial charge in [-0.2, -0.15) is 0 Å². The number of benzene rings is 2. The van der Waals surface area contributed by atoms with Crippen molar-refractivity contribution in [2.75, 3.05) is 17.1 Å². The van der Waals surface area contributed by atoms with Gasteiger partial charge < -0.3 is 10.2 Å². The second-order valence-corrected chi connectivity index (χ2v) is 10.6. The Morgan fingerprint density at radius 1 is 1.03 bits per heavy atom. The second kappa shape index (κ2) is 11.2. The van der Waals surface area contributed by atoms with E-state index in [0.717, 1.165) is 10.6 Å². The third-order valence-corrected chi connectivity index (χ3v) is 6.61. The van der Waals surface area contributed by atoms with Crippen molar-refractivity contribution in [3.05, 3.63) is 63.9 Å². The lowest BCUT2D eigenvalue weighted by Crippen LogP contribution is -2.52. The molecule has 0 saturated heterocycles. The van der Waals surface area contributed by atoms with Gasteiger partial charge in [-0.25, -0.2) is 12.8 Å². The van der Waals surface area contributed by atoms with E-state index in [4.69, 9.17) is 23.2 Å². The Morgan fingerprint density at radius 2 is 1.64 bits per heavy atom. The molecular formula is C22H26Cl2FN3O4S. The number of rotatable bonds is 9. The quantitative estimate of drug-likeness (QED) is 0.547. The normalized spacial score (nSPS) is 12.4. The third-order valence-electron chi connectivity index (χ3n) is 4.73. The van der Waals surface area contributed by atoms with Crippen LogP contribution in [0.3, 0.4) is 0 Å². The van der Waals surface area contributed by atoms with E-state index in [1.54, 1.807) is 20.8 Å². The molecule has 7 nitrogen and oxygen atoms in total. The van der Waals surface area contributed by atoms with Gasteiger partial charge >= 0.3 is 0 Å². The molecule has 0 fully saturated rings. The fraction of sp³-hybridized carbons (Fsp3) is 0.364. The van der Waals surface area contributed by atoms with Crippen LogP contribution < -0.4 is 9.62 Å². The van der Waals surface area contributed by atoms with Crippen molar-refractivity contribution in [3.63, 3.8) is 0 Å². The summed E-state index contributed by atoms with van der Waals surface area (Å²) in [4.78, 5) is 27.2. The fourth-order valence-electron chi connectivity index (χ4n) is 3.03. The molecule has 0 aliphatic heterocycles. The highest BCUT2D eigenvalue weighted by atomic mass is 35.5. The van der Waals surface area contributed by atoms with E-state index in [9.17, 15) is 22.4 Å². The highest BCUT2D eigenvalue weighted by Crippen LogP contribution is 2.28. The smallest absolute Gasteiger partial charge is 0.244 e. The maximum absolute atomic E-state index is 13.3. The van der Waals surface area contributed by atoms with Gasteiger partial charge in [0.2, 0.25) is 21.8 Å². The van der Waals surface area contributed by atoms with E-state index in [0.29, 0.717) is 5.56 Å². The first-order valence-corrected chi connectivity index (χ1v) is 12.7. The molecule has 0 aliphatic carbocycles. The second-order valence-electron chi connectivity index (χ2n) is 7.86. The highest BCUT2D eigenvalue weighted by molar-refractivity contribution is 7.92. The summed E-state index contributed by atoms with van der Waals surface area (Å²) in [5, 5.41) is 3.11. The van der Waals surface area contributed by atoms with Gasteiger partial charge in [-0.1, -0.05) is 35.3 Å². The molecule has 2 aromatic carbocycles. The molecule has 0 spiro atoms. The van der Waals surface area contributed by atoms with Crippen molar-refractivity contribution >= 4 is 50.7 Å². The summed E-state index contributed by atoms with van der Waals surface area (Å²) in [6.07, 6.45) is 0.960. The summed E-state index contributed by atoms with van der Waals surface area (Å²) in [6.45, 7) is 4.52. The Balaban J connectivity index is 2.40. The van der Waals surface area contributed by atoms with Crippen molar-refractivity contribution in [2.45, 2.75) is 39.4 Å². The largest absolute Gasteiger partial charge is 0.352 e. The van der Waals surface area contributed by atoms with Crippen LogP contribution in [-0.4, -0.2) is 50.0 Å². The van der Waals surface area contributed by atoms with Gasteiger partial charge in [0, 0.05) is 12.6 Å². The van der Waals surface area contributed by atoms with Crippen LogP contribution in [0.2, 0.25) is 10.0 Å². The minimum Gasteiger partial charge on any atom is -0.352 e. The zero-order valence-corrected chi connectivity index (χ0v) is 21.0. The zero-order chi connectivity index (χ0) is 24.9. The summed E-state index contributed by atoms with van der Waals surface area (Å²) in [5.41, 5.74) is 0.732. The SMILES string of the molecule is CC(C)NC(=O)[C@@H](C)N(Cc1ccc(F)cc1)C(=O)CN(c1ccc(Cl)c(Cl)c1)S(C)(=O)=O. The lowest BCUT2D eigenvalue weighted by atomic mass is 10.1. The van der Waals surface area contributed by atoms with Gasteiger partial charge in [0.1, 0.15) is 18.4 Å². The maximum atomic E-state index is 13.3. The lowest BCUT2D eigenvalue weighted by Gasteiger charge is -2.32. The summed E-state index contributed by atoms with van der Waals surface area (Å²) in [7, 11) is -3.89. The van der Waals surface area contributed by atoms with Gasteiger partial charge in [0.15, 0.2) is 0 Å². The van der Waals surface area contributed by atoms with E-state index >= 15 is 0 Å². The topological polar surface area (TPSA) is 86.8 Å². The first-order chi connectivity index (χ1) is 15.3. The van der Waals surface area contributed by atoms with Crippen molar-refractivity contribution in [1.82, 2.24) is 10.2 Å². The van der Waals surface area contributed by atoms with Crippen molar-refractivity contribution in [2.24, 2.45) is 0 Å². The van der Waals surface area contributed by atoms with Crippen molar-refractivity contribution in [1.29, 1.82) is 0 Å². The molecule has 2 aromatic rings. The van der Waals surface area contributed by atoms with Crippen LogP contribution >= 0.6 is 23.2 Å². The third kappa shape index (κ3) is 7.58. The lowest BCUT2D eigenvalue weighted by molar-refractivity contribution is -0.139. The van der Waals surface area contributed by atoms with E-state index < -0.39 is 40.2 Å². The molecule has 0 aliphatic rings. The van der Waals surface area contributed by atoms with Crippen LogP contribution in [0.1, 0.15) is 26.3 Å². The highest BCUT2D eigenvalue weighted by Gasteiger charge is 2.30. The van der Waals surface area contributed by atoms with Gasteiger partial charge in [0.25, 0.3) is 0 Å². The summed E-state index contributed by atoms with van der Waals surface area (Å²) in [5.74, 6) is -1.46. The molecule has 0 aromatic heterocycles. The first-order valence-electron chi connectivity index (χ1n) is 10.1. The monoisotopic (exact) mass is 517 g/mol. The maximum Gasteiger partial charge on any atom is 0.244 e. The Bertz CT molecular complexity index is 1110. The molecule has 180 valence electrons. The molecule has 33 heavy (non-hydrogen) atoms. The van der Waals surface area contributed by atoms with Gasteiger partial charge in [0.05, 0.1) is 22.0 Å². The number of amides is 2. The number of sulfonamides is 1.